The van der Waals surface area contributed by atoms with Gasteiger partial charge in [-0.1, -0.05) is 29.3 Å². The number of carbonyl (C=O) groups excluding carboxylic acids is 3. The van der Waals surface area contributed by atoms with Crippen LogP contribution in [0.25, 0.3) is 0 Å². The molecule has 0 radical (unpaired) electrons. The van der Waals surface area contributed by atoms with Crippen LogP contribution in [0.3, 0.4) is 0 Å². The molecule has 0 spiro atoms. The van der Waals surface area contributed by atoms with Gasteiger partial charge in [-0.05, 0) is 49.8 Å². The normalized spacial score (nSPS) is 29.5. The van der Waals surface area contributed by atoms with E-state index in [0.29, 0.717) is 29.3 Å². The van der Waals surface area contributed by atoms with Gasteiger partial charge in [0.15, 0.2) is 0 Å². The number of halogens is 2. The predicted molar refractivity (Wildman–Crippen MR) is 149 cm³/mol. The molecule has 39 heavy (non-hydrogen) atoms. The van der Waals surface area contributed by atoms with E-state index in [1.807, 2.05) is 11.0 Å². The highest BCUT2D eigenvalue weighted by Crippen LogP contribution is 2.34. The van der Waals surface area contributed by atoms with Crippen molar-refractivity contribution in [2.75, 3.05) is 53.5 Å². The summed E-state index contributed by atoms with van der Waals surface area (Å²) in [6.07, 6.45) is 4.67. The van der Waals surface area contributed by atoms with Gasteiger partial charge < -0.3 is 19.4 Å². The maximum atomic E-state index is 13.5. The number of hydrogen-bond donors (Lipinski definition) is 1. The molecule has 2 saturated heterocycles. The topological polar surface area (TPSA) is 85.4 Å². The molecule has 2 aliphatic heterocycles. The van der Waals surface area contributed by atoms with Crippen LogP contribution >= 0.6 is 23.2 Å². The second kappa shape index (κ2) is 12.3. The molecular formula is C28H39Cl2N5O4. The van der Waals surface area contributed by atoms with E-state index in [2.05, 4.69) is 10.2 Å². The smallest absolute Gasteiger partial charge is 0.242 e. The van der Waals surface area contributed by atoms with E-state index in [0.717, 1.165) is 63.8 Å². The first-order valence-corrected chi connectivity index (χ1v) is 14.7. The number of ether oxygens (including phenoxy) is 1. The number of carbonyl (C=O) groups is 3. The maximum absolute atomic E-state index is 13.5. The van der Waals surface area contributed by atoms with E-state index in [4.69, 9.17) is 27.9 Å². The molecule has 1 N–H and O–H groups in total. The van der Waals surface area contributed by atoms with Crippen molar-refractivity contribution >= 4 is 40.9 Å². The van der Waals surface area contributed by atoms with Gasteiger partial charge in [-0.15, -0.1) is 0 Å². The Morgan fingerprint density at radius 3 is 2.51 bits per heavy atom. The molecule has 9 nitrogen and oxygen atoms in total. The standard InChI is InChI=1S/C28H39Cl2N5O4/c1-32(15-18-3-5-23(29)24(30)11-18)26(36)16-35-17-31-25-6-4-20(14-22(25)28(35)38)33-7-9-34(10-8-33)27(37)19-12-21(13-19)39-2/h3,5,11,19-22,25,31H,4,6-10,12-17H2,1-2H3. The number of likely N-dealkylation sites (N-methyl/N-ethyl adjacent to an activating group) is 1. The minimum Gasteiger partial charge on any atom is -0.381 e. The van der Waals surface area contributed by atoms with Gasteiger partial charge in [-0.25, -0.2) is 0 Å². The van der Waals surface area contributed by atoms with E-state index in [1.54, 1.807) is 36.1 Å². The van der Waals surface area contributed by atoms with Crippen molar-refractivity contribution < 1.29 is 19.1 Å². The lowest BCUT2D eigenvalue weighted by atomic mass is 9.78. The SMILES string of the molecule is COC1CC(C(=O)N2CCN(C3CCC4NCN(CC(=O)N(C)Cc5ccc(Cl)c(Cl)c5)C(=O)C4C3)CC2)C1. The van der Waals surface area contributed by atoms with Crippen molar-refractivity contribution in [1.29, 1.82) is 0 Å². The Kier molecular flexibility index (Phi) is 9.03. The number of piperazine rings is 1. The summed E-state index contributed by atoms with van der Waals surface area (Å²) in [6.45, 7) is 4.01. The summed E-state index contributed by atoms with van der Waals surface area (Å²) >= 11 is 12.1. The van der Waals surface area contributed by atoms with Crippen molar-refractivity contribution in [1.82, 2.24) is 24.9 Å². The molecule has 2 saturated carbocycles. The minimum atomic E-state index is -0.133. The highest BCUT2D eigenvalue weighted by atomic mass is 35.5. The van der Waals surface area contributed by atoms with Crippen LogP contribution in [-0.2, 0) is 25.7 Å². The van der Waals surface area contributed by atoms with Gasteiger partial charge in [0, 0.05) is 64.9 Å². The van der Waals surface area contributed by atoms with E-state index in [1.165, 1.54) is 0 Å². The lowest BCUT2D eigenvalue weighted by Crippen LogP contribution is -2.62. The zero-order valence-corrected chi connectivity index (χ0v) is 24.3. The third-order valence-electron chi connectivity index (χ3n) is 9.07. The quantitative estimate of drug-likeness (QED) is 0.534. The van der Waals surface area contributed by atoms with Crippen molar-refractivity contribution in [3.63, 3.8) is 0 Å². The predicted octanol–water partition coefficient (Wildman–Crippen LogP) is 2.45. The molecule has 1 aromatic carbocycles. The molecule has 3 unspecified atom stereocenters. The first-order chi connectivity index (χ1) is 18.7. The van der Waals surface area contributed by atoms with Gasteiger partial charge in [0.1, 0.15) is 6.54 Å². The lowest BCUT2D eigenvalue weighted by molar-refractivity contribution is -0.149. The number of methoxy groups -OCH3 is 1. The maximum Gasteiger partial charge on any atom is 0.242 e. The van der Waals surface area contributed by atoms with Gasteiger partial charge >= 0.3 is 0 Å². The van der Waals surface area contributed by atoms with E-state index in [-0.39, 0.29) is 48.2 Å². The third kappa shape index (κ3) is 6.38. The Morgan fingerprint density at radius 1 is 1.08 bits per heavy atom. The molecule has 0 aromatic heterocycles. The highest BCUT2D eigenvalue weighted by molar-refractivity contribution is 6.42. The number of benzene rings is 1. The van der Waals surface area contributed by atoms with Gasteiger partial charge in [0.2, 0.25) is 17.7 Å². The molecule has 4 fully saturated rings. The fourth-order valence-electron chi connectivity index (χ4n) is 6.48. The average Bonchev–Trinajstić information content (AvgIpc) is 2.91. The molecule has 11 heteroatoms. The van der Waals surface area contributed by atoms with Gasteiger partial charge in [0.05, 0.1) is 28.7 Å². The van der Waals surface area contributed by atoms with Crippen molar-refractivity contribution in [2.45, 2.75) is 56.8 Å². The molecule has 1 aromatic rings. The van der Waals surface area contributed by atoms with Crippen molar-refractivity contribution in [3.05, 3.63) is 33.8 Å². The fraction of sp³-hybridized carbons (Fsp3) is 0.679. The van der Waals surface area contributed by atoms with Crippen LogP contribution in [0.1, 0.15) is 37.7 Å². The van der Waals surface area contributed by atoms with Crippen LogP contribution in [-0.4, -0.2) is 109 Å². The summed E-state index contributed by atoms with van der Waals surface area (Å²) in [7, 11) is 3.44. The molecule has 0 bridgehead atoms. The monoisotopic (exact) mass is 579 g/mol. The highest BCUT2D eigenvalue weighted by Gasteiger charge is 2.43. The summed E-state index contributed by atoms with van der Waals surface area (Å²) in [5.41, 5.74) is 0.882. The van der Waals surface area contributed by atoms with Crippen LogP contribution in [0, 0.1) is 11.8 Å². The summed E-state index contributed by atoms with van der Waals surface area (Å²) in [6, 6.07) is 5.80. The summed E-state index contributed by atoms with van der Waals surface area (Å²) < 4.78 is 5.33. The molecule has 3 amide bonds. The van der Waals surface area contributed by atoms with Gasteiger partial charge in [0.25, 0.3) is 0 Å². The Morgan fingerprint density at radius 2 is 1.82 bits per heavy atom. The van der Waals surface area contributed by atoms with Crippen molar-refractivity contribution in [3.8, 4) is 0 Å². The van der Waals surface area contributed by atoms with Crippen LogP contribution in [0.5, 0.6) is 0 Å². The van der Waals surface area contributed by atoms with Crippen LogP contribution in [0.15, 0.2) is 18.2 Å². The van der Waals surface area contributed by atoms with Gasteiger partial charge in [-0.2, -0.15) is 0 Å². The largest absolute Gasteiger partial charge is 0.381 e. The Balaban J connectivity index is 1.10. The Bertz CT molecular complexity index is 1080. The van der Waals surface area contributed by atoms with E-state index in [9.17, 15) is 14.4 Å². The summed E-state index contributed by atoms with van der Waals surface area (Å²) in [5, 5.41) is 4.44. The average molecular weight is 581 g/mol. The molecule has 4 aliphatic rings. The number of hydrogen-bond acceptors (Lipinski definition) is 6. The zero-order valence-electron chi connectivity index (χ0n) is 22.8. The van der Waals surface area contributed by atoms with Gasteiger partial charge in [-0.3, -0.25) is 24.6 Å². The second-order valence-electron chi connectivity index (χ2n) is 11.5. The first kappa shape index (κ1) is 28.6. The van der Waals surface area contributed by atoms with E-state index < -0.39 is 0 Å². The fourth-order valence-corrected chi connectivity index (χ4v) is 6.80. The first-order valence-electron chi connectivity index (χ1n) is 14.0. The van der Waals surface area contributed by atoms with Crippen LogP contribution < -0.4 is 5.32 Å². The number of nitrogens with one attached hydrogen (secondary N) is 1. The molecular weight excluding hydrogens is 541 g/mol. The number of fused-ring (bicyclic) bond motifs is 1. The minimum absolute atomic E-state index is 0.0451. The molecule has 2 heterocycles. The molecule has 3 atom stereocenters. The second-order valence-corrected chi connectivity index (χ2v) is 12.3. The lowest BCUT2D eigenvalue weighted by Gasteiger charge is -2.48. The summed E-state index contributed by atoms with van der Waals surface area (Å²) in [4.78, 5) is 47.0. The number of amides is 3. The Labute approximate surface area is 240 Å². The molecule has 214 valence electrons. The number of rotatable bonds is 7. The molecule has 2 aliphatic carbocycles. The van der Waals surface area contributed by atoms with Crippen LogP contribution in [0.2, 0.25) is 10.0 Å². The Hall–Kier alpha value is -1.91. The van der Waals surface area contributed by atoms with Crippen LogP contribution in [0.4, 0.5) is 0 Å². The zero-order chi connectivity index (χ0) is 27.7. The third-order valence-corrected chi connectivity index (χ3v) is 9.81. The number of nitrogens with zero attached hydrogens (tertiary/aromatic N) is 4. The molecule has 5 rings (SSSR count). The van der Waals surface area contributed by atoms with Crippen molar-refractivity contribution in [2.24, 2.45) is 11.8 Å². The van der Waals surface area contributed by atoms with E-state index >= 15 is 0 Å². The summed E-state index contributed by atoms with van der Waals surface area (Å²) in [5.74, 6) is 0.186.